The predicted octanol–water partition coefficient (Wildman–Crippen LogP) is -1.03. The van der Waals surface area contributed by atoms with Gasteiger partial charge in [0.1, 0.15) is 0 Å². The van der Waals surface area contributed by atoms with Gasteiger partial charge in [0.2, 0.25) is 0 Å². The number of ether oxygens (including phenoxy) is 1. The largest absolute Gasteiger partial charge is 1.00 e. The second-order valence-corrected chi connectivity index (χ2v) is 1.87. The first kappa shape index (κ1) is 14.7. The van der Waals surface area contributed by atoms with Gasteiger partial charge in [-0.15, -0.1) is 12.1 Å². The van der Waals surface area contributed by atoms with Crippen LogP contribution in [0.25, 0.3) is 0 Å². The Labute approximate surface area is 107 Å². The first-order chi connectivity index (χ1) is 4.48. The molecule has 0 aliphatic carbocycles. The summed E-state index contributed by atoms with van der Waals surface area (Å²) in [6.07, 6.45) is 0. The molecule has 0 radical (unpaired) electrons. The van der Waals surface area contributed by atoms with Crippen LogP contribution >= 0.6 is 0 Å². The summed E-state index contributed by atoms with van der Waals surface area (Å²) in [5.41, 5.74) is -0.776. The molecule has 0 saturated carbocycles. The number of hydrogen-bond acceptors (Lipinski definition) is 1. The fourth-order valence-electron chi connectivity index (χ4n) is 0.328. The van der Waals surface area contributed by atoms with E-state index in [0.29, 0.717) is 0 Å². The predicted molar refractivity (Wildman–Crippen MR) is 34.7 cm³/mol. The smallest absolute Gasteiger partial charge is 0.445 e. The Morgan fingerprint density at radius 3 is 2.18 bits per heavy atom. The van der Waals surface area contributed by atoms with E-state index in [1.54, 1.807) is 6.92 Å². The molecule has 0 aromatic rings. The van der Waals surface area contributed by atoms with Crippen molar-refractivity contribution in [3.63, 3.8) is 0 Å². The molecule has 0 spiro atoms. The third-order valence-corrected chi connectivity index (χ3v) is 0.954. The number of rotatable bonds is 4. The molecule has 0 unspecified atom stereocenters. The molecule has 1 nitrogen and oxygen atoms in total. The maximum Gasteiger partial charge on any atom is 1.00 e. The summed E-state index contributed by atoms with van der Waals surface area (Å²) in [6, 6.07) is 0. The molecule has 0 aliphatic heterocycles. The van der Waals surface area contributed by atoms with Crippen molar-refractivity contribution in [1.82, 2.24) is 0 Å². The Kier molecular flexibility index (Phi) is 8.93. The molecule has 11 heavy (non-hydrogen) atoms. The SMILES string of the molecule is C=C(COCC)[B-](F)(F)F.[K+]. The van der Waals surface area contributed by atoms with Gasteiger partial charge < -0.3 is 17.7 Å². The van der Waals surface area contributed by atoms with Gasteiger partial charge in [0.15, 0.2) is 0 Å². The van der Waals surface area contributed by atoms with Crippen molar-refractivity contribution in [3.8, 4) is 0 Å². The molecule has 6 heteroatoms. The summed E-state index contributed by atoms with van der Waals surface area (Å²) in [5.74, 6) is 0. The maximum atomic E-state index is 11.7. The third-order valence-electron chi connectivity index (χ3n) is 0.954. The Morgan fingerprint density at radius 1 is 1.45 bits per heavy atom. The van der Waals surface area contributed by atoms with Gasteiger partial charge in [-0.1, -0.05) is 0 Å². The van der Waals surface area contributed by atoms with E-state index in [4.69, 9.17) is 0 Å². The van der Waals surface area contributed by atoms with Crippen LogP contribution in [-0.4, -0.2) is 20.2 Å². The average Bonchev–Trinajstić information content (AvgIpc) is 1.80. The van der Waals surface area contributed by atoms with Crippen LogP contribution in [0, 0.1) is 0 Å². The standard InChI is InChI=1S/C5H9BF3O.K/c1-3-10-4-5(2)6(7,8)9;/h2-4H2,1H3;/q-1;+1. The molecule has 0 amide bonds. The quantitative estimate of drug-likeness (QED) is 0.517. The van der Waals surface area contributed by atoms with Gasteiger partial charge >= 0.3 is 58.4 Å². The Morgan fingerprint density at radius 2 is 1.91 bits per heavy atom. The second-order valence-electron chi connectivity index (χ2n) is 1.87. The van der Waals surface area contributed by atoms with Crippen LogP contribution in [0.5, 0.6) is 0 Å². The second kappa shape index (κ2) is 6.68. The third kappa shape index (κ3) is 7.55. The van der Waals surface area contributed by atoms with E-state index < -0.39 is 19.1 Å². The number of halogens is 3. The minimum atomic E-state index is -4.90. The van der Waals surface area contributed by atoms with Crippen LogP contribution in [0.2, 0.25) is 0 Å². The molecule has 0 saturated heterocycles. The van der Waals surface area contributed by atoms with Crippen LogP contribution in [0.1, 0.15) is 6.92 Å². The zero-order chi connectivity index (χ0) is 8.20. The van der Waals surface area contributed by atoms with Crippen LogP contribution < -0.4 is 51.4 Å². The minimum absolute atomic E-state index is 0. The molecular weight excluding hydrogens is 183 g/mol. The Bertz CT molecular complexity index is 125. The minimum Gasteiger partial charge on any atom is -0.445 e. The molecule has 0 fully saturated rings. The van der Waals surface area contributed by atoms with E-state index >= 15 is 0 Å². The zero-order valence-electron chi connectivity index (χ0n) is 6.74. The number of hydrogen-bond donors (Lipinski definition) is 0. The normalized spacial score (nSPS) is 10.5. The van der Waals surface area contributed by atoms with Crippen LogP contribution in [-0.2, 0) is 4.74 Å². The van der Waals surface area contributed by atoms with E-state index in [2.05, 4.69) is 11.3 Å². The molecule has 0 aromatic heterocycles. The van der Waals surface area contributed by atoms with E-state index in [1.165, 1.54) is 0 Å². The molecule has 0 heterocycles. The topological polar surface area (TPSA) is 9.23 Å². The molecule has 0 rings (SSSR count). The fourth-order valence-corrected chi connectivity index (χ4v) is 0.328. The van der Waals surface area contributed by atoms with Crippen molar-refractivity contribution in [1.29, 1.82) is 0 Å². The first-order valence-corrected chi connectivity index (χ1v) is 2.93. The van der Waals surface area contributed by atoms with Crippen molar-refractivity contribution in [2.24, 2.45) is 0 Å². The van der Waals surface area contributed by atoms with Gasteiger partial charge in [0.25, 0.3) is 0 Å². The summed E-state index contributed by atoms with van der Waals surface area (Å²) in [7, 11) is 0. The molecule has 0 N–H and O–H groups in total. The monoisotopic (exact) mass is 192 g/mol. The van der Waals surface area contributed by atoms with Crippen LogP contribution in [0.15, 0.2) is 12.1 Å². The van der Waals surface area contributed by atoms with E-state index in [-0.39, 0.29) is 58.0 Å². The summed E-state index contributed by atoms with van der Waals surface area (Å²) in [6.45, 7) is -0.542. The van der Waals surface area contributed by atoms with Crippen molar-refractivity contribution >= 4 is 6.98 Å². The summed E-state index contributed by atoms with van der Waals surface area (Å²) in [4.78, 5) is 0. The first-order valence-electron chi connectivity index (χ1n) is 2.93. The average molecular weight is 192 g/mol. The van der Waals surface area contributed by atoms with Gasteiger partial charge in [-0.3, -0.25) is 0 Å². The summed E-state index contributed by atoms with van der Waals surface area (Å²) < 4.78 is 39.5. The van der Waals surface area contributed by atoms with E-state index in [0.717, 1.165) is 0 Å². The van der Waals surface area contributed by atoms with E-state index in [1.807, 2.05) is 0 Å². The van der Waals surface area contributed by atoms with Crippen LogP contribution in [0.3, 0.4) is 0 Å². The summed E-state index contributed by atoms with van der Waals surface area (Å²) in [5, 5.41) is 0. The van der Waals surface area contributed by atoms with Gasteiger partial charge in [0.05, 0.1) is 0 Å². The van der Waals surface area contributed by atoms with Gasteiger partial charge in [0, 0.05) is 13.2 Å². The molecule has 0 atom stereocenters. The van der Waals surface area contributed by atoms with Gasteiger partial charge in [-0.05, 0) is 6.92 Å². The van der Waals surface area contributed by atoms with Crippen molar-refractivity contribution in [2.75, 3.05) is 13.2 Å². The van der Waals surface area contributed by atoms with Crippen molar-refractivity contribution < 1.29 is 69.1 Å². The van der Waals surface area contributed by atoms with Gasteiger partial charge in [-0.25, -0.2) is 0 Å². The maximum absolute atomic E-state index is 11.7. The summed E-state index contributed by atoms with van der Waals surface area (Å²) >= 11 is 0. The molecule has 0 aromatic carbocycles. The van der Waals surface area contributed by atoms with Crippen LogP contribution in [0.4, 0.5) is 12.9 Å². The zero-order valence-corrected chi connectivity index (χ0v) is 9.86. The Balaban J connectivity index is 0. The fraction of sp³-hybridized carbons (Fsp3) is 0.600. The van der Waals surface area contributed by atoms with Crippen molar-refractivity contribution in [2.45, 2.75) is 6.92 Å². The molecule has 0 bridgehead atoms. The molecule has 60 valence electrons. The molecular formula is C5H9BF3KO. The van der Waals surface area contributed by atoms with Crippen molar-refractivity contribution in [3.05, 3.63) is 12.1 Å². The molecule has 0 aliphatic rings. The van der Waals surface area contributed by atoms with E-state index in [9.17, 15) is 12.9 Å². The van der Waals surface area contributed by atoms with Gasteiger partial charge in [-0.2, -0.15) is 0 Å². The Hall–Kier alpha value is 1.19.